The van der Waals surface area contributed by atoms with Crippen LogP contribution < -0.4 is 5.73 Å². The summed E-state index contributed by atoms with van der Waals surface area (Å²) in [6, 6.07) is 24.1. The number of amides is 1. The minimum Gasteiger partial charge on any atom is -0.369 e. The van der Waals surface area contributed by atoms with Gasteiger partial charge in [0, 0.05) is 22.4 Å². The molecular formula is C25H20N6O. The van der Waals surface area contributed by atoms with Crippen molar-refractivity contribution in [1.29, 1.82) is 0 Å². The molecule has 1 saturated carbocycles. The van der Waals surface area contributed by atoms with Crippen molar-refractivity contribution in [2.24, 2.45) is 5.73 Å². The van der Waals surface area contributed by atoms with Gasteiger partial charge in [-0.2, -0.15) is 10.2 Å². The molecule has 4 N–H and O–H groups in total. The van der Waals surface area contributed by atoms with Gasteiger partial charge in [-0.25, -0.2) is 4.98 Å². The van der Waals surface area contributed by atoms with Crippen molar-refractivity contribution >= 4 is 16.8 Å². The van der Waals surface area contributed by atoms with E-state index in [0.29, 0.717) is 12.2 Å². The van der Waals surface area contributed by atoms with Gasteiger partial charge in [-0.15, -0.1) is 0 Å². The van der Waals surface area contributed by atoms with E-state index in [1.807, 2.05) is 60.7 Å². The molecule has 6 rings (SSSR count). The molecule has 2 aromatic heterocycles. The summed E-state index contributed by atoms with van der Waals surface area (Å²) in [5.74, 6) is 0.427. The first-order chi connectivity index (χ1) is 15.7. The number of hydrogen-bond donors (Lipinski definition) is 3. The minimum atomic E-state index is -0.687. The molecule has 2 heterocycles. The Morgan fingerprint density at radius 3 is 2.62 bits per heavy atom. The molecule has 0 spiro atoms. The summed E-state index contributed by atoms with van der Waals surface area (Å²) in [6.45, 7) is 0. The standard InChI is InChI=1S/C25H20N6O/c26-24(32)25(13-20(25)15-5-2-1-3-6-15)18-8-4-7-16(11-18)22-19-12-17(23-27-14-28-31-23)9-10-21(19)29-30-22/h1-12,14,20H,13H2,(H2,26,32)(H,29,30)(H,27,28,31)/t20-,25+/m1/s1. The number of rotatable bonds is 5. The van der Waals surface area contributed by atoms with Gasteiger partial charge in [0.25, 0.3) is 0 Å². The molecular weight excluding hydrogens is 400 g/mol. The highest BCUT2D eigenvalue weighted by Gasteiger charge is 2.60. The smallest absolute Gasteiger partial charge is 0.228 e. The van der Waals surface area contributed by atoms with Gasteiger partial charge in [-0.1, -0.05) is 48.5 Å². The maximum atomic E-state index is 12.6. The number of carbonyl (C=O) groups is 1. The van der Waals surface area contributed by atoms with E-state index in [2.05, 4.69) is 37.5 Å². The first kappa shape index (κ1) is 18.5. The van der Waals surface area contributed by atoms with Gasteiger partial charge in [0.1, 0.15) is 6.33 Å². The number of carbonyl (C=O) groups excluding carboxylic acids is 1. The molecule has 1 fully saturated rings. The molecule has 2 atom stereocenters. The van der Waals surface area contributed by atoms with E-state index in [-0.39, 0.29) is 11.8 Å². The normalized spacial score (nSPS) is 19.8. The van der Waals surface area contributed by atoms with Gasteiger partial charge in [0.2, 0.25) is 5.91 Å². The number of aromatic amines is 2. The Bertz CT molecular complexity index is 1440. The van der Waals surface area contributed by atoms with Crippen molar-refractivity contribution in [3.63, 3.8) is 0 Å². The van der Waals surface area contributed by atoms with Gasteiger partial charge in [0.15, 0.2) is 5.82 Å². The number of primary amides is 1. The van der Waals surface area contributed by atoms with Crippen LogP contribution in [-0.2, 0) is 10.2 Å². The fourth-order valence-corrected chi connectivity index (χ4v) is 4.75. The van der Waals surface area contributed by atoms with Crippen LogP contribution in [0.1, 0.15) is 23.5 Å². The van der Waals surface area contributed by atoms with Crippen LogP contribution in [0.25, 0.3) is 33.5 Å². The SMILES string of the molecule is NC(=O)[C@]1(c2cccc(-c3n[nH]c4ccc(-c5nc[nH]n5)cc34)c2)C[C@@H]1c1ccccc1. The first-order valence-electron chi connectivity index (χ1n) is 10.5. The number of nitrogens with zero attached hydrogens (tertiary/aromatic N) is 3. The van der Waals surface area contributed by atoms with Crippen molar-refractivity contribution in [1.82, 2.24) is 25.4 Å². The zero-order valence-electron chi connectivity index (χ0n) is 17.1. The number of hydrogen-bond acceptors (Lipinski definition) is 4. The highest BCUT2D eigenvalue weighted by molar-refractivity contribution is 5.96. The molecule has 7 heteroatoms. The molecule has 3 aromatic carbocycles. The summed E-state index contributed by atoms with van der Waals surface area (Å²) in [5.41, 5.74) is 10.9. The maximum absolute atomic E-state index is 12.6. The lowest BCUT2D eigenvalue weighted by molar-refractivity contribution is -0.120. The van der Waals surface area contributed by atoms with Crippen molar-refractivity contribution in [2.45, 2.75) is 17.8 Å². The number of benzene rings is 3. The Labute approximate surface area is 183 Å². The molecule has 0 saturated heterocycles. The molecule has 1 aliphatic rings. The average Bonchev–Trinajstić information content (AvgIpc) is 3.15. The monoisotopic (exact) mass is 420 g/mol. The van der Waals surface area contributed by atoms with Crippen molar-refractivity contribution in [2.75, 3.05) is 0 Å². The third-order valence-electron chi connectivity index (χ3n) is 6.49. The molecule has 0 bridgehead atoms. The molecule has 1 amide bonds. The second kappa shape index (κ2) is 6.88. The Kier molecular flexibility index (Phi) is 3.98. The van der Waals surface area contributed by atoms with E-state index in [0.717, 1.165) is 38.9 Å². The predicted octanol–water partition coefficient (Wildman–Crippen LogP) is 3.93. The van der Waals surface area contributed by atoms with Crippen molar-refractivity contribution < 1.29 is 4.79 Å². The van der Waals surface area contributed by atoms with Gasteiger partial charge in [-0.05, 0) is 41.8 Å². The van der Waals surface area contributed by atoms with E-state index in [4.69, 9.17) is 5.73 Å². The summed E-state index contributed by atoms with van der Waals surface area (Å²) < 4.78 is 0. The van der Waals surface area contributed by atoms with Crippen molar-refractivity contribution in [3.8, 4) is 22.6 Å². The topological polar surface area (TPSA) is 113 Å². The third kappa shape index (κ3) is 2.75. The Balaban J connectivity index is 1.44. The lowest BCUT2D eigenvalue weighted by atomic mass is 9.88. The number of fused-ring (bicyclic) bond motifs is 1. The van der Waals surface area contributed by atoms with E-state index in [1.165, 1.54) is 0 Å². The molecule has 0 aliphatic heterocycles. The molecule has 32 heavy (non-hydrogen) atoms. The second-order valence-corrected chi connectivity index (χ2v) is 8.24. The molecule has 1 aliphatic carbocycles. The zero-order valence-corrected chi connectivity index (χ0v) is 17.1. The second-order valence-electron chi connectivity index (χ2n) is 8.24. The average molecular weight is 420 g/mol. The number of nitrogens with one attached hydrogen (secondary N) is 2. The van der Waals surface area contributed by atoms with Gasteiger partial charge in [-0.3, -0.25) is 15.0 Å². The lowest BCUT2D eigenvalue weighted by Crippen LogP contribution is -2.30. The zero-order chi connectivity index (χ0) is 21.7. The van der Waals surface area contributed by atoms with Crippen LogP contribution in [0.5, 0.6) is 0 Å². The van der Waals surface area contributed by atoms with E-state index in [9.17, 15) is 4.79 Å². The van der Waals surface area contributed by atoms with Gasteiger partial charge >= 0.3 is 0 Å². The van der Waals surface area contributed by atoms with E-state index < -0.39 is 5.41 Å². The van der Waals surface area contributed by atoms with Gasteiger partial charge < -0.3 is 5.73 Å². The maximum Gasteiger partial charge on any atom is 0.228 e. The van der Waals surface area contributed by atoms with E-state index >= 15 is 0 Å². The van der Waals surface area contributed by atoms with Crippen LogP contribution in [0.15, 0.2) is 79.1 Å². The largest absolute Gasteiger partial charge is 0.369 e. The third-order valence-corrected chi connectivity index (χ3v) is 6.49. The van der Waals surface area contributed by atoms with Crippen LogP contribution in [-0.4, -0.2) is 31.3 Å². The minimum absolute atomic E-state index is 0.0877. The van der Waals surface area contributed by atoms with Crippen molar-refractivity contribution in [3.05, 3.63) is 90.3 Å². The van der Waals surface area contributed by atoms with Crippen LogP contribution in [0.2, 0.25) is 0 Å². The van der Waals surface area contributed by atoms with Gasteiger partial charge in [0.05, 0.1) is 16.6 Å². The predicted molar refractivity (Wildman–Crippen MR) is 122 cm³/mol. The molecule has 7 nitrogen and oxygen atoms in total. The van der Waals surface area contributed by atoms with Crippen LogP contribution >= 0.6 is 0 Å². The first-order valence-corrected chi connectivity index (χ1v) is 10.5. The lowest BCUT2D eigenvalue weighted by Gasteiger charge is -2.15. The quantitative estimate of drug-likeness (QED) is 0.400. The number of nitrogens with two attached hydrogens (primary N) is 1. The number of H-pyrrole nitrogens is 2. The van der Waals surface area contributed by atoms with Crippen LogP contribution in [0.4, 0.5) is 0 Å². The van der Waals surface area contributed by atoms with E-state index in [1.54, 1.807) is 6.33 Å². The Hall–Kier alpha value is -4.26. The van der Waals surface area contributed by atoms with Crippen LogP contribution in [0, 0.1) is 0 Å². The summed E-state index contributed by atoms with van der Waals surface area (Å²) in [4.78, 5) is 16.9. The number of aromatic nitrogens is 5. The summed E-state index contributed by atoms with van der Waals surface area (Å²) in [7, 11) is 0. The van der Waals surface area contributed by atoms with Crippen LogP contribution in [0.3, 0.4) is 0 Å². The summed E-state index contributed by atoms with van der Waals surface area (Å²) in [6.07, 6.45) is 2.27. The molecule has 0 unspecified atom stereocenters. The summed E-state index contributed by atoms with van der Waals surface area (Å²) in [5, 5.41) is 15.6. The highest BCUT2D eigenvalue weighted by Crippen LogP contribution is 2.60. The summed E-state index contributed by atoms with van der Waals surface area (Å²) >= 11 is 0. The fraction of sp³-hybridized carbons (Fsp3) is 0.120. The Morgan fingerprint density at radius 2 is 1.84 bits per heavy atom. The molecule has 156 valence electrons. The molecule has 5 aromatic rings. The molecule has 0 radical (unpaired) electrons. The highest BCUT2D eigenvalue weighted by atomic mass is 16.1. The Morgan fingerprint density at radius 1 is 0.969 bits per heavy atom. The fourth-order valence-electron chi connectivity index (χ4n) is 4.75.